The molecule has 0 amide bonds. The highest BCUT2D eigenvalue weighted by molar-refractivity contribution is 7.89. The first kappa shape index (κ1) is 18.5. The molecule has 0 radical (unpaired) electrons. The van der Waals surface area contributed by atoms with E-state index in [9.17, 15) is 8.42 Å². The Balaban J connectivity index is 1.41. The van der Waals surface area contributed by atoms with Crippen LogP contribution in [0.3, 0.4) is 0 Å². The molecule has 0 N–H and O–H groups in total. The summed E-state index contributed by atoms with van der Waals surface area (Å²) in [6.45, 7) is 5.31. The molecule has 0 bridgehead atoms. The van der Waals surface area contributed by atoms with Crippen LogP contribution in [-0.2, 0) is 10.0 Å². The van der Waals surface area contributed by atoms with Crippen LogP contribution in [0.1, 0.15) is 42.5 Å². The molecular weight excluding hydrogens is 394 g/mol. The normalized spacial score (nSPS) is 19.0. The second-order valence-electron chi connectivity index (χ2n) is 7.67. The lowest BCUT2D eigenvalue weighted by atomic mass is 10.3. The van der Waals surface area contributed by atoms with E-state index in [4.69, 9.17) is 4.52 Å². The Bertz CT molecular complexity index is 1150. The van der Waals surface area contributed by atoms with E-state index in [0.717, 1.165) is 30.1 Å². The molecule has 3 aromatic rings. The van der Waals surface area contributed by atoms with Crippen molar-refractivity contribution in [3.05, 3.63) is 29.7 Å². The van der Waals surface area contributed by atoms with Gasteiger partial charge in [0, 0.05) is 44.5 Å². The maximum absolute atomic E-state index is 13.1. The number of sulfonamides is 1. The van der Waals surface area contributed by atoms with Crippen molar-refractivity contribution in [3.8, 4) is 0 Å². The van der Waals surface area contributed by atoms with Crippen LogP contribution < -0.4 is 4.90 Å². The Labute approximate surface area is 168 Å². The molecular formula is C18H23N7O3S. The van der Waals surface area contributed by atoms with Crippen LogP contribution >= 0.6 is 0 Å². The third kappa shape index (κ3) is 3.08. The summed E-state index contributed by atoms with van der Waals surface area (Å²) in [6, 6.07) is 0. The van der Waals surface area contributed by atoms with E-state index in [0.29, 0.717) is 50.0 Å². The van der Waals surface area contributed by atoms with Crippen LogP contribution in [0.25, 0.3) is 5.65 Å². The molecule has 4 heterocycles. The summed E-state index contributed by atoms with van der Waals surface area (Å²) in [7, 11) is -3.65. The molecule has 1 saturated heterocycles. The zero-order valence-corrected chi connectivity index (χ0v) is 17.3. The van der Waals surface area contributed by atoms with Crippen molar-refractivity contribution in [1.29, 1.82) is 0 Å². The molecule has 29 heavy (non-hydrogen) atoms. The lowest BCUT2D eigenvalue weighted by molar-refractivity contribution is 0.389. The molecule has 2 fully saturated rings. The average Bonchev–Trinajstić information content (AvgIpc) is 3.41. The molecule has 1 aliphatic carbocycles. The summed E-state index contributed by atoms with van der Waals surface area (Å²) in [5.41, 5.74) is 1.13. The fourth-order valence-electron chi connectivity index (χ4n) is 3.99. The third-order valence-electron chi connectivity index (χ3n) is 5.60. The van der Waals surface area contributed by atoms with Gasteiger partial charge in [0.1, 0.15) is 16.4 Å². The van der Waals surface area contributed by atoms with Gasteiger partial charge in [-0.05, 0) is 33.1 Å². The van der Waals surface area contributed by atoms with E-state index < -0.39 is 10.0 Å². The maximum Gasteiger partial charge on any atom is 0.248 e. The summed E-state index contributed by atoms with van der Waals surface area (Å²) in [5, 5.41) is 12.5. The van der Waals surface area contributed by atoms with Gasteiger partial charge < -0.3 is 9.42 Å². The van der Waals surface area contributed by atoms with Crippen LogP contribution in [0.2, 0.25) is 0 Å². The van der Waals surface area contributed by atoms with Crippen molar-refractivity contribution in [2.45, 2.75) is 43.9 Å². The number of hydrogen-bond acceptors (Lipinski definition) is 8. The summed E-state index contributed by atoms with van der Waals surface area (Å²) in [4.78, 5) is 6.82. The first-order chi connectivity index (χ1) is 14.0. The molecule has 1 aliphatic heterocycles. The third-order valence-corrected chi connectivity index (χ3v) is 7.74. The van der Waals surface area contributed by atoms with Crippen molar-refractivity contribution < 1.29 is 12.9 Å². The smallest absolute Gasteiger partial charge is 0.248 e. The number of hydrogen-bond donors (Lipinski definition) is 0. The molecule has 5 rings (SSSR count). The standard InChI is InChI=1S/C18H23N7O3S/c1-12-15(13(2)28-22-12)29(26,27)24-8-3-7-23(10-11-24)17-18-21-20-16(14-4-5-14)25(18)9-6-19-17/h6,9,14H,3-5,7-8,10-11H2,1-2H3. The van der Waals surface area contributed by atoms with E-state index in [-0.39, 0.29) is 4.90 Å². The van der Waals surface area contributed by atoms with Gasteiger partial charge in [-0.15, -0.1) is 10.2 Å². The topological polar surface area (TPSA) is 110 Å². The Morgan fingerprint density at radius 2 is 1.93 bits per heavy atom. The number of aryl methyl sites for hydroxylation is 2. The summed E-state index contributed by atoms with van der Waals surface area (Å²) in [6.07, 6.45) is 6.65. The van der Waals surface area contributed by atoms with Crippen LogP contribution in [-0.4, -0.2) is 63.6 Å². The quantitative estimate of drug-likeness (QED) is 0.628. The van der Waals surface area contributed by atoms with E-state index in [2.05, 4.69) is 25.2 Å². The van der Waals surface area contributed by atoms with Crippen LogP contribution in [0.15, 0.2) is 21.8 Å². The predicted molar refractivity (Wildman–Crippen MR) is 104 cm³/mol. The zero-order valence-electron chi connectivity index (χ0n) is 16.4. The summed E-state index contributed by atoms with van der Waals surface area (Å²) >= 11 is 0. The Hall–Kier alpha value is -2.53. The maximum atomic E-state index is 13.1. The number of nitrogens with zero attached hydrogens (tertiary/aromatic N) is 7. The Kier molecular flexibility index (Phi) is 4.32. The molecule has 0 spiro atoms. The molecule has 0 atom stereocenters. The first-order valence-electron chi connectivity index (χ1n) is 9.84. The summed E-state index contributed by atoms with van der Waals surface area (Å²) in [5.74, 6) is 2.55. The van der Waals surface area contributed by atoms with Gasteiger partial charge in [0.15, 0.2) is 11.6 Å². The predicted octanol–water partition coefficient (Wildman–Crippen LogP) is 1.51. The first-order valence-corrected chi connectivity index (χ1v) is 11.3. The van der Waals surface area contributed by atoms with Gasteiger partial charge in [0.2, 0.25) is 15.7 Å². The average molecular weight is 417 g/mol. The molecule has 1 saturated carbocycles. The van der Waals surface area contributed by atoms with E-state index >= 15 is 0 Å². The van der Waals surface area contributed by atoms with E-state index in [1.54, 1.807) is 20.0 Å². The van der Waals surface area contributed by atoms with Crippen LogP contribution in [0.4, 0.5) is 5.82 Å². The second-order valence-corrected chi connectivity index (χ2v) is 9.55. The molecule has 11 heteroatoms. The van der Waals surface area contributed by atoms with Crippen molar-refractivity contribution in [2.24, 2.45) is 0 Å². The van der Waals surface area contributed by atoms with Gasteiger partial charge in [-0.2, -0.15) is 4.31 Å². The Morgan fingerprint density at radius 1 is 1.10 bits per heavy atom. The highest BCUT2D eigenvalue weighted by Gasteiger charge is 2.33. The fraction of sp³-hybridized carbons (Fsp3) is 0.556. The van der Waals surface area contributed by atoms with Gasteiger partial charge in [-0.1, -0.05) is 5.16 Å². The largest absolute Gasteiger partial charge is 0.360 e. The highest BCUT2D eigenvalue weighted by Crippen LogP contribution is 2.39. The molecule has 10 nitrogen and oxygen atoms in total. The lowest BCUT2D eigenvalue weighted by Gasteiger charge is -2.22. The van der Waals surface area contributed by atoms with Crippen molar-refractivity contribution in [3.63, 3.8) is 0 Å². The van der Waals surface area contributed by atoms with E-state index in [1.165, 1.54) is 4.31 Å². The van der Waals surface area contributed by atoms with Gasteiger partial charge in [-0.25, -0.2) is 13.4 Å². The van der Waals surface area contributed by atoms with Crippen molar-refractivity contribution >= 4 is 21.5 Å². The summed E-state index contributed by atoms with van der Waals surface area (Å²) < 4.78 is 34.9. The number of rotatable bonds is 4. The van der Waals surface area contributed by atoms with Crippen molar-refractivity contribution in [2.75, 3.05) is 31.1 Å². The van der Waals surface area contributed by atoms with E-state index in [1.807, 2.05) is 10.6 Å². The molecule has 3 aromatic heterocycles. The van der Waals surface area contributed by atoms with Crippen LogP contribution in [0.5, 0.6) is 0 Å². The van der Waals surface area contributed by atoms with Gasteiger partial charge in [0.05, 0.1) is 0 Å². The molecule has 0 unspecified atom stereocenters. The molecule has 154 valence electrons. The lowest BCUT2D eigenvalue weighted by Crippen LogP contribution is -2.36. The highest BCUT2D eigenvalue weighted by atomic mass is 32.2. The second kappa shape index (κ2) is 6.77. The minimum atomic E-state index is -3.65. The molecule has 0 aromatic carbocycles. The van der Waals surface area contributed by atoms with Crippen molar-refractivity contribution in [1.82, 2.24) is 29.0 Å². The minimum Gasteiger partial charge on any atom is -0.360 e. The Morgan fingerprint density at radius 3 is 2.66 bits per heavy atom. The SMILES string of the molecule is Cc1noc(C)c1S(=O)(=O)N1CCCN(c2nccn3c(C4CC4)nnc23)CC1. The van der Waals surface area contributed by atoms with Gasteiger partial charge >= 0.3 is 0 Å². The monoisotopic (exact) mass is 417 g/mol. The fourth-order valence-corrected chi connectivity index (χ4v) is 5.75. The number of fused-ring (bicyclic) bond motifs is 1. The number of anilines is 1. The number of aromatic nitrogens is 5. The van der Waals surface area contributed by atoms with Crippen LogP contribution in [0, 0.1) is 13.8 Å². The van der Waals surface area contributed by atoms with Gasteiger partial charge in [-0.3, -0.25) is 4.40 Å². The molecule has 2 aliphatic rings. The van der Waals surface area contributed by atoms with Gasteiger partial charge in [0.25, 0.3) is 0 Å². The minimum absolute atomic E-state index is 0.178. The zero-order chi connectivity index (χ0) is 20.2.